The maximum atomic E-state index is 12.5. The second-order valence-corrected chi connectivity index (χ2v) is 8.03. The van der Waals surface area contributed by atoms with E-state index in [1.165, 1.54) is 6.07 Å². The number of carbonyl (C=O) groups excluding carboxylic acids is 2. The van der Waals surface area contributed by atoms with Gasteiger partial charge in [0.15, 0.2) is 5.60 Å². The molecule has 0 spiro atoms. The summed E-state index contributed by atoms with van der Waals surface area (Å²) in [5, 5.41) is 23.0. The Balaban J connectivity index is 1.46. The number of hydrogen-bond acceptors (Lipinski definition) is 6. The van der Waals surface area contributed by atoms with Crippen LogP contribution in [0, 0.1) is 21.4 Å². The lowest BCUT2D eigenvalue weighted by Gasteiger charge is -2.15. The Bertz CT molecular complexity index is 1100. The molecule has 4 rings (SSSR count). The number of nitro groups is 1. The summed E-state index contributed by atoms with van der Waals surface area (Å²) >= 11 is 0. The number of hydrogen-bond donors (Lipinski definition) is 1. The summed E-state index contributed by atoms with van der Waals surface area (Å²) in [4.78, 5) is 37.3. The molecule has 0 bridgehead atoms. The summed E-state index contributed by atoms with van der Waals surface area (Å²) in [6.07, 6.45) is 2.25. The molecule has 1 saturated carbocycles. The first kappa shape index (κ1) is 21.3. The zero-order chi connectivity index (χ0) is 22.7. The number of nitrogens with one attached hydrogen (secondary N) is 1. The third-order valence-corrected chi connectivity index (χ3v) is 5.76. The molecule has 2 fully saturated rings. The lowest BCUT2D eigenvalue weighted by Crippen LogP contribution is -2.29. The molecule has 2 aliphatic rings. The fourth-order valence-corrected chi connectivity index (χ4v) is 3.70. The molecule has 1 N–H and O–H groups in total. The van der Waals surface area contributed by atoms with Gasteiger partial charge in [-0.3, -0.25) is 14.9 Å². The van der Waals surface area contributed by atoms with Gasteiger partial charge in [0.2, 0.25) is 0 Å². The number of rotatable bonds is 6. The number of nitriles is 1. The third-order valence-electron chi connectivity index (χ3n) is 5.76. The molecule has 2 aromatic carbocycles. The lowest BCUT2D eigenvalue weighted by atomic mass is 10.0. The van der Waals surface area contributed by atoms with Gasteiger partial charge in [0.25, 0.3) is 11.6 Å². The van der Waals surface area contributed by atoms with Crippen molar-refractivity contribution in [3.63, 3.8) is 0 Å². The fraction of sp³-hybridized carbons (Fsp3) is 0.348. The van der Waals surface area contributed by atoms with Crippen LogP contribution in [-0.2, 0) is 11.3 Å². The molecular formula is C23H22N4O5. The Morgan fingerprint density at radius 2 is 1.78 bits per heavy atom. The van der Waals surface area contributed by atoms with Crippen LogP contribution in [0.5, 0.6) is 0 Å². The standard InChI is InChI=1S/C23H22N4O5/c24-15-23(9-10-23)32-22(29)25-14-19-8-7-18(13-20(19)27(30)31)16-3-5-17(6-4-16)21(28)26-11-1-2-12-26/h3-8,13H,1-2,9-12,14H2,(H,25,29). The Morgan fingerprint density at radius 3 is 2.38 bits per heavy atom. The third kappa shape index (κ3) is 4.54. The Hall–Kier alpha value is -3.93. The minimum atomic E-state index is -1.05. The predicted molar refractivity (Wildman–Crippen MR) is 115 cm³/mol. The van der Waals surface area contributed by atoms with E-state index in [1.54, 1.807) is 36.4 Å². The quantitative estimate of drug-likeness (QED) is 0.545. The molecular weight excluding hydrogens is 412 g/mol. The summed E-state index contributed by atoms with van der Waals surface area (Å²) in [7, 11) is 0. The van der Waals surface area contributed by atoms with Gasteiger partial charge in [-0.1, -0.05) is 18.2 Å². The maximum absolute atomic E-state index is 12.5. The first-order valence-corrected chi connectivity index (χ1v) is 10.5. The van der Waals surface area contributed by atoms with Gasteiger partial charge >= 0.3 is 6.09 Å². The van der Waals surface area contributed by atoms with Crippen molar-refractivity contribution in [2.45, 2.75) is 37.8 Å². The van der Waals surface area contributed by atoms with Crippen LogP contribution in [0.25, 0.3) is 11.1 Å². The molecule has 2 amide bonds. The molecule has 164 valence electrons. The van der Waals surface area contributed by atoms with Gasteiger partial charge < -0.3 is 15.0 Å². The van der Waals surface area contributed by atoms with Crippen molar-refractivity contribution in [2.75, 3.05) is 13.1 Å². The molecule has 1 aliphatic carbocycles. The second-order valence-electron chi connectivity index (χ2n) is 8.03. The van der Waals surface area contributed by atoms with E-state index in [0.29, 0.717) is 29.5 Å². The Kier molecular flexibility index (Phi) is 5.77. The zero-order valence-electron chi connectivity index (χ0n) is 17.4. The topological polar surface area (TPSA) is 126 Å². The van der Waals surface area contributed by atoms with E-state index in [0.717, 1.165) is 31.5 Å². The SMILES string of the molecule is N#CC1(OC(=O)NCc2ccc(-c3ccc(C(=O)N4CCCC4)cc3)cc2[N+](=O)[O-])CC1. The van der Waals surface area contributed by atoms with Gasteiger partial charge in [-0.2, -0.15) is 5.26 Å². The minimum absolute atomic E-state index is 0.00212. The fourth-order valence-electron chi connectivity index (χ4n) is 3.70. The molecule has 1 saturated heterocycles. The molecule has 2 aromatic rings. The zero-order valence-corrected chi connectivity index (χ0v) is 17.4. The van der Waals surface area contributed by atoms with E-state index in [1.807, 2.05) is 11.0 Å². The van der Waals surface area contributed by atoms with Crippen LogP contribution in [0.4, 0.5) is 10.5 Å². The molecule has 1 aliphatic heterocycles. The summed E-state index contributed by atoms with van der Waals surface area (Å²) in [6, 6.07) is 13.7. The summed E-state index contributed by atoms with van der Waals surface area (Å²) in [5.74, 6) is -0.00212. The minimum Gasteiger partial charge on any atom is -0.427 e. The monoisotopic (exact) mass is 434 g/mol. The molecule has 9 heteroatoms. The van der Waals surface area contributed by atoms with E-state index < -0.39 is 16.6 Å². The first-order valence-electron chi connectivity index (χ1n) is 10.5. The number of benzene rings is 2. The number of nitro benzene ring substituents is 1. The van der Waals surface area contributed by atoms with E-state index in [4.69, 9.17) is 10.00 Å². The van der Waals surface area contributed by atoms with Crippen LogP contribution in [0.1, 0.15) is 41.6 Å². The second kappa shape index (κ2) is 8.67. The predicted octanol–water partition coefficient (Wildman–Crippen LogP) is 3.78. The average Bonchev–Trinajstić information content (AvgIpc) is 3.35. The average molecular weight is 434 g/mol. The van der Waals surface area contributed by atoms with Gasteiger partial charge in [-0.15, -0.1) is 0 Å². The van der Waals surface area contributed by atoms with E-state index in [2.05, 4.69) is 5.32 Å². The van der Waals surface area contributed by atoms with Crippen LogP contribution in [0.15, 0.2) is 42.5 Å². The number of carbonyl (C=O) groups is 2. The van der Waals surface area contributed by atoms with Crippen LogP contribution in [-0.4, -0.2) is 40.5 Å². The van der Waals surface area contributed by atoms with Crippen molar-refractivity contribution in [3.05, 3.63) is 63.7 Å². The van der Waals surface area contributed by atoms with Gasteiger partial charge in [0.1, 0.15) is 6.07 Å². The molecule has 0 atom stereocenters. The van der Waals surface area contributed by atoms with E-state index >= 15 is 0 Å². The van der Waals surface area contributed by atoms with Crippen molar-refractivity contribution in [2.24, 2.45) is 0 Å². The number of likely N-dealkylation sites (tertiary alicyclic amines) is 1. The van der Waals surface area contributed by atoms with Crippen molar-refractivity contribution >= 4 is 17.7 Å². The van der Waals surface area contributed by atoms with E-state index in [-0.39, 0.29) is 18.1 Å². The molecule has 32 heavy (non-hydrogen) atoms. The number of nitrogens with zero attached hydrogens (tertiary/aromatic N) is 3. The number of ether oxygens (including phenoxy) is 1. The van der Waals surface area contributed by atoms with Crippen molar-refractivity contribution in [1.29, 1.82) is 5.26 Å². The highest BCUT2D eigenvalue weighted by atomic mass is 16.6. The van der Waals surface area contributed by atoms with Crippen LogP contribution >= 0.6 is 0 Å². The highest BCUT2D eigenvalue weighted by Crippen LogP contribution is 2.38. The summed E-state index contributed by atoms with van der Waals surface area (Å²) in [5.41, 5.74) is 1.09. The van der Waals surface area contributed by atoms with Crippen LogP contribution in [0.2, 0.25) is 0 Å². The Labute approximate surface area is 184 Å². The molecule has 0 radical (unpaired) electrons. The Morgan fingerprint density at radius 1 is 1.12 bits per heavy atom. The largest absolute Gasteiger partial charge is 0.427 e. The van der Waals surface area contributed by atoms with Crippen LogP contribution < -0.4 is 5.32 Å². The van der Waals surface area contributed by atoms with Gasteiger partial charge in [-0.25, -0.2) is 4.79 Å². The molecule has 0 unspecified atom stereocenters. The number of alkyl carbamates (subject to hydrolysis) is 1. The van der Waals surface area contributed by atoms with Gasteiger partial charge in [-0.05, 0) is 42.2 Å². The van der Waals surface area contributed by atoms with Crippen molar-refractivity contribution in [3.8, 4) is 17.2 Å². The highest BCUT2D eigenvalue weighted by molar-refractivity contribution is 5.94. The summed E-state index contributed by atoms with van der Waals surface area (Å²) in [6.45, 7) is 1.45. The number of amides is 2. The molecule has 1 heterocycles. The first-order chi connectivity index (χ1) is 15.4. The van der Waals surface area contributed by atoms with E-state index in [9.17, 15) is 19.7 Å². The molecule has 0 aromatic heterocycles. The van der Waals surface area contributed by atoms with Gasteiger partial charge in [0.05, 0.1) is 11.5 Å². The lowest BCUT2D eigenvalue weighted by molar-refractivity contribution is -0.385. The molecule has 9 nitrogen and oxygen atoms in total. The van der Waals surface area contributed by atoms with Crippen molar-refractivity contribution in [1.82, 2.24) is 10.2 Å². The summed E-state index contributed by atoms with van der Waals surface area (Å²) < 4.78 is 5.07. The van der Waals surface area contributed by atoms with Gasteiger partial charge in [0, 0.05) is 43.1 Å². The normalized spacial score (nSPS) is 16.2. The van der Waals surface area contributed by atoms with Crippen LogP contribution in [0.3, 0.4) is 0 Å². The van der Waals surface area contributed by atoms with Crippen molar-refractivity contribution < 1.29 is 19.2 Å². The smallest absolute Gasteiger partial charge is 0.409 e. The maximum Gasteiger partial charge on any atom is 0.409 e. The highest BCUT2D eigenvalue weighted by Gasteiger charge is 2.47.